The third-order valence-electron chi connectivity index (χ3n) is 5.22. The summed E-state index contributed by atoms with van der Waals surface area (Å²) in [6.45, 7) is 10.1. The molecule has 3 rings (SSSR count). The van der Waals surface area contributed by atoms with E-state index >= 15 is 0 Å². The molecule has 1 saturated heterocycles. The molecular formula is C21H26ClN3O2. The standard InChI is InChI=1S/C21H26ClN3O2/c1-14-20(16(3)26)15(2)23-21(14)19(27)13-25-10-8-24(9-11-25)12-17-4-6-18(22)7-5-17/h4-7,23H,8-13H2,1-3H3. The second-order valence-corrected chi connectivity index (χ2v) is 7.72. The fourth-order valence-electron chi connectivity index (χ4n) is 3.79. The normalized spacial score (nSPS) is 15.9. The van der Waals surface area contributed by atoms with Gasteiger partial charge >= 0.3 is 0 Å². The summed E-state index contributed by atoms with van der Waals surface area (Å²) in [6.07, 6.45) is 0. The van der Waals surface area contributed by atoms with Gasteiger partial charge < -0.3 is 4.98 Å². The molecule has 0 aliphatic carbocycles. The van der Waals surface area contributed by atoms with Crippen molar-refractivity contribution in [1.82, 2.24) is 14.8 Å². The SMILES string of the molecule is CC(=O)c1c(C)[nH]c(C(=O)CN2CCN(Cc3ccc(Cl)cc3)CC2)c1C. The third kappa shape index (κ3) is 4.67. The van der Waals surface area contributed by atoms with Gasteiger partial charge in [-0.25, -0.2) is 0 Å². The van der Waals surface area contributed by atoms with Crippen LogP contribution in [0.4, 0.5) is 0 Å². The number of Topliss-reactive ketones (excluding diaryl/α,β-unsaturated/α-hetero) is 2. The van der Waals surface area contributed by atoms with Gasteiger partial charge in [0.25, 0.3) is 0 Å². The summed E-state index contributed by atoms with van der Waals surface area (Å²) >= 11 is 5.94. The van der Waals surface area contributed by atoms with E-state index in [2.05, 4.69) is 26.9 Å². The van der Waals surface area contributed by atoms with E-state index in [4.69, 9.17) is 11.6 Å². The highest BCUT2D eigenvalue weighted by Gasteiger charge is 2.23. The van der Waals surface area contributed by atoms with Crippen molar-refractivity contribution >= 4 is 23.2 Å². The number of ketones is 2. The first-order valence-electron chi connectivity index (χ1n) is 9.27. The van der Waals surface area contributed by atoms with Crippen molar-refractivity contribution < 1.29 is 9.59 Å². The number of nitrogens with one attached hydrogen (secondary N) is 1. The minimum atomic E-state index is -0.00360. The van der Waals surface area contributed by atoms with E-state index in [0.29, 0.717) is 17.8 Å². The van der Waals surface area contributed by atoms with Crippen LogP contribution in [0.3, 0.4) is 0 Å². The van der Waals surface area contributed by atoms with Crippen LogP contribution in [0.2, 0.25) is 5.02 Å². The third-order valence-corrected chi connectivity index (χ3v) is 5.47. The van der Waals surface area contributed by atoms with Crippen LogP contribution in [0, 0.1) is 13.8 Å². The highest BCUT2D eigenvalue weighted by molar-refractivity contribution is 6.30. The first-order chi connectivity index (χ1) is 12.8. The van der Waals surface area contributed by atoms with Gasteiger partial charge in [-0.15, -0.1) is 0 Å². The van der Waals surface area contributed by atoms with Crippen LogP contribution in [-0.4, -0.2) is 59.1 Å². The number of halogens is 1. The molecule has 6 heteroatoms. The predicted molar refractivity (Wildman–Crippen MR) is 108 cm³/mol. The summed E-state index contributed by atoms with van der Waals surface area (Å²) in [6, 6.07) is 7.95. The average Bonchev–Trinajstić information content (AvgIpc) is 2.93. The van der Waals surface area contributed by atoms with Gasteiger partial charge in [0.05, 0.1) is 12.2 Å². The smallest absolute Gasteiger partial charge is 0.193 e. The number of hydrogen-bond donors (Lipinski definition) is 1. The van der Waals surface area contributed by atoms with E-state index in [1.54, 1.807) is 0 Å². The van der Waals surface area contributed by atoms with E-state index in [0.717, 1.165) is 49.0 Å². The van der Waals surface area contributed by atoms with Crippen LogP contribution < -0.4 is 0 Å². The van der Waals surface area contributed by atoms with Crippen LogP contribution in [-0.2, 0) is 6.54 Å². The number of piperazine rings is 1. The Hall–Kier alpha value is -1.95. The van der Waals surface area contributed by atoms with E-state index < -0.39 is 0 Å². The molecule has 1 aromatic heterocycles. The number of carbonyl (C=O) groups is 2. The van der Waals surface area contributed by atoms with Gasteiger partial charge in [0.2, 0.25) is 0 Å². The molecule has 0 atom stereocenters. The fraction of sp³-hybridized carbons (Fsp3) is 0.429. The van der Waals surface area contributed by atoms with Gasteiger partial charge in [-0.2, -0.15) is 0 Å². The molecular weight excluding hydrogens is 362 g/mol. The molecule has 0 radical (unpaired) electrons. The van der Waals surface area contributed by atoms with Crippen molar-refractivity contribution in [2.45, 2.75) is 27.3 Å². The van der Waals surface area contributed by atoms with Crippen molar-refractivity contribution in [3.05, 3.63) is 57.4 Å². The minimum Gasteiger partial charge on any atom is -0.355 e. The summed E-state index contributed by atoms with van der Waals surface area (Å²) < 4.78 is 0. The Labute approximate surface area is 165 Å². The van der Waals surface area contributed by atoms with Crippen molar-refractivity contribution in [2.75, 3.05) is 32.7 Å². The molecule has 0 spiro atoms. The van der Waals surface area contributed by atoms with Crippen molar-refractivity contribution in [3.8, 4) is 0 Å². The molecule has 1 N–H and O–H groups in total. The number of carbonyl (C=O) groups excluding carboxylic acids is 2. The zero-order valence-corrected chi connectivity index (χ0v) is 16.9. The Morgan fingerprint density at radius 1 is 1.04 bits per heavy atom. The molecule has 0 unspecified atom stereocenters. The number of benzene rings is 1. The molecule has 27 heavy (non-hydrogen) atoms. The molecule has 1 fully saturated rings. The maximum Gasteiger partial charge on any atom is 0.193 e. The van der Waals surface area contributed by atoms with Gasteiger partial charge in [-0.3, -0.25) is 19.4 Å². The van der Waals surface area contributed by atoms with Gasteiger partial charge in [-0.1, -0.05) is 23.7 Å². The van der Waals surface area contributed by atoms with E-state index in [9.17, 15) is 9.59 Å². The lowest BCUT2D eigenvalue weighted by Crippen LogP contribution is -2.47. The number of H-pyrrole nitrogens is 1. The lowest BCUT2D eigenvalue weighted by atomic mass is 10.1. The maximum atomic E-state index is 12.7. The van der Waals surface area contributed by atoms with Gasteiger partial charge in [0, 0.05) is 49.0 Å². The molecule has 0 bridgehead atoms. The van der Waals surface area contributed by atoms with Crippen molar-refractivity contribution in [3.63, 3.8) is 0 Å². The van der Waals surface area contributed by atoms with Crippen molar-refractivity contribution in [2.24, 2.45) is 0 Å². The van der Waals surface area contributed by atoms with Crippen LogP contribution in [0.15, 0.2) is 24.3 Å². The van der Waals surface area contributed by atoms with E-state index in [1.165, 1.54) is 12.5 Å². The topological polar surface area (TPSA) is 56.4 Å². The second-order valence-electron chi connectivity index (χ2n) is 7.28. The lowest BCUT2D eigenvalue weighted by Gasteiger charge is -2.34. The van der Waals surface area contributed by atoms with Gasteiger partial charge in [0.1, 0.15) is 0 Å². The van der Waals surface area contributed by atoms with Gasteiger partial charge in [-0.05, 0) is 44.0 Å². The first-order valence-corrected chi connectivity index (χ1v) is 9.65. The molecule has 1 aromatic carbocycles. The Morgan fingerprint density at radius 3 is 2.19 bits per heavy atom. The predicted octanol–water partition coefficient (Wildman–Crippen LogP) is 3.49. The molecule has 0 saturated carbocycles. The first kappa shape index (κ1) is 19.8. The molecule has 2 aromatic rings. The zero-order chi connectivity index (χ0) is 19.6. The molecule has 2 heterocycles. The van der Waals surface area contributed by atoms with Crippen LogP contribution in [0.25, 0.3) is 0 Å². The van der Waals surface area contributed by atoms with Gasteiger partial charge in [0.15, 0.2) is 11.6 Å². The largest absolute Gasteiger partial charge is 0.355 e. The number of hydrogen-bond acceptors (Lipinski definition) is 4. The summed E-state index contributed by atoms with van der Waals surface area (Å²) in [5.74, 6) is 0.0466. The lowest BCUT2D eigenvalue weighted by molar-refractivity contribution is 0.0839. The Morgan fingerprint density at radius 2 is 1.63 bits per heavy atom. The minimum absolute atomic E-state index is 0.00360. The van der Waals surface area contributed by atoms with E-state index in [-0.39, 0.29) is 11.6 Å². The summed E-state index contributed by atoms with van der Waals surface area (Å²) in [5.41, 5.74) is 4.01. The highest BCUT2D eigenvalue weighted by Crippen LogP contribution is 2.19. The quantitative estimate of drug-likeness (QED) is 0.771. The average molecular weight is 388 g/mol. The number of rotatable bonds is 6. The summed E-state index contributed by atoms with van der Waals surface area (Å²) in [7, 11) is 0. The molecule has 144 valence electrons. The molecule has 1 aliphatic heterocycles. The van der Waals surface area contributed by atoms with E-state index in [1.807, 2.05) is 26.0 Å². The van der Waals surface area contributed by atoms with Crippen molar-refractivity contribution in [1.29, 1.82) is 0 Å². The fourth-order valence-corrected chi connectivity index (χ4v) is 3.92. The second kappa shape index (κ2) is 8.38. The maximum absolute atomic E-state index is 12.7. The Kier molecular flexibility index (Phi) is 6.15. The molecule has 5 nitrogen and oxygen atoms in total. The molecule has 0 amide bonds. The van der Waals surface area contributed by atoms with Crippen LogP contribution >= 0.6 is 11.6 Å². The van der Waals surface area contributed by atoms with Crippen LogP contribution in [0.5, 0.6) is 0 Å². The number of nitrogens with zero attached hydrogens (tertiary/aromatic N) is 2. The number of aromatic nitrogens is 1. The number of aryl methyl sites for hydroxylation is 1. The Bertz CT molecular complexity index is 834. The number of aromatic amines is 1. The summed E-state index contributed by atoms with van der Waals surface area (Å²) in [5, 5.41) is 0.754. The highest BCUT2D eigenvalue weighted by atomic mass is 35.5. The molecule has 1 aliphatic rings. The Balaban J connectivity index is 1.54. The van der Waals surface area contributed by atoms with Crippen LogP contribution in [0.1, 0.15) is 44.6 Å². The monoisotopic (exact) mass is 387 g/mol. The zero-order valence-electron chi connectivity index (χ0n) is 16.1. The summed E-state index contributed by atoms with van der Waals surface area (Å²) in [4.78, 5) is 32.2.